The summed E-state index contributed by atoms with van der Waals surface area (Å²) in [7, 11) is 0. The van der Waals surface area contributed by atoms with Crippen molar-refractivity contribution in [2.45, 2.75) is 6.61 Å². The Morgan fingerprint density at radius 3 is 2.78 bits per heavy atom. The lowest BCUT2D eigenvalue weighted by Crippen LogP contribution is -2.17. The third-order valence-electron chi connectivity index (χ3n) is 4.55. The van der Waals surface area contributed by atoms with E-state index in [9.17, 15) is 9.90 Å². The number of halogens is 1. The van der Waals surface area contributed by atoms with E-state index in [-0.39, 0.29) is 11.4 Å². The summed E-state index contributed by atoms with van der Waals surface area (Å²) >= 11 is 6.17. The van der Waals surface area contributed by atoms with E-state index in [1.807, 2.05) is 48.5 Å². The summed E-state index contributed by atoms with van der Waals surface area (Å²) in [5, 5.41) is 20.9. The fourth-order valence-electron chi connectivity index (χ4n) is 2.94. The van der Waals surface area contributed by atoms with E-state index in [1.165, 1.54) is 12.3 Å². The van der Waals surface area contributed by atoms with Crippen LogP contribution in [-0.4, -0.2) is 27.4 Å². The van der Waals surface area contributed by atoms with Crippen LogP contribution >= 0.6 is 11.6 Å². The van der Waals surface area contributed by atoms with Crippen LogP contribution < -0.4 is 10.2 Å². The number of phenols is 1. The predicted molar refractivity (Wildman–Crippen MR) is 123 cm³/mol. The topological polar surface area (TPSA) is 99.6 Å². The average molecular weight is 447 g/mol. The summed E-state index contributed by atoms with van der Waals surface area (Å²) in [5.74, 6) is 0.343. The largest absolute Gasteiger partial charge is 0.508 e. The molecule has 0 saturated carbocycles. The van der Waals surface area contributed by atoms with Crippen molar-refractivity contribution >= 4 is 23.7 Å². The SMILES string of the molecule is O=C(N/N=C\c1cccc(O)c1)c1cc(-c2cccc(OCc3ccccc3Cl)c2)n[nH]1. The van der Waals surface area contributed by atoms with Gasteiger partial charge in [-0.15, -0.1) is 0 Å². The van der Waals surface area contributed by atoms with Crippen LogP contribution in [0.5, 0.6) is 11.5 Å². The number of nitrogens with one attached hydrogen (secondary N) is 2. The molecule has 8 heteroatoms. The standard InChI is InChI=1S/C24H19ClN4O3/c25-21-10-2-1-6-18(21)15-32-20-9-4-7-17(12-20)22-13-23(28-27-22)24(31)29-26-14-16-5-3-8-19(30)11-16/h1-14,30H,15H2,(H,27,28)(H,29,31)/b26-14-. The fraction of sp³-hybridized carbons (Fsp3) is 0.0417. The van der Waals surface area contributed by atoms with Crippen LogP contribution in [0.15, 0.2) is 84.0 Å². The molecule has 3 N–H and O–H groups in total. The van der Waals surface area contributed by atoms with Gasteiger partial charge in [0.15, 0.2) is 0 Å². The fourth-order valence-corrected chi connectivity index (χ4v) is 3.13. The van der Waals surface area contributed by atoms with Crippen molar-refractivity contribution in [2.75, 3.05) is 0 Å². The number of H-pyrrole nitrogens is 1. The first-order chi connectivity index (χ1) is 15.6. The second kappa shape index (κ2) is 9.80. The molecule has 0 spiro atoms. The van der Waals surface area contributed by atoms with E-state index in [2.05, 4.69) is 20.7 Å². The Hall–Kier alpha value is -4.10. The van der Waals surface area contributed by atoms with Gasteiger partial charge in [0.1, 0.15) is 23.8 Å². The molecule has 32 heavy (non-hydrogen) atoms. The molecule has 4 rings (SSSR count). The summed E-state index contributed by atoms with van der Waals surface area (Å²) in [6.07, 6.45) is 1.44. The van der Waals surface area contributed by atoms with E-state index >= 15 is 0 Å². The predicted octanol–water partition coefficient (Wildman–Crippen LogP) is 4.78. The maximum atomic E-state index is 12.3. The highest BCUT2D eigenvalue weighted by Gasteiger charge is 2.11. The quantitative estimate of drug-likeness (QED) is 0.281. The van der Waals surface area contributed by atoms with Gasteiger partial charge < -0.3 is 9.84 Å². The minimum Gasteiger partial charge on any atom is -0.508 e. The molecule has 1 heterocycles. The first-order valence-corrected chi connectivity index (χ1v) is 10.1. The van der Waals surface area contributed by atoms with Crippen molar-refractivity contribution in [1.29, 1.82) is 0 Å². The Labute approximate surface area is 189 Å². The minimum absolute atomic E-state index is 0.122. The number of nitrogens with zero attached hydrogens (tertiary/aromatic N) is 2. The van der Waals surface area contributed by atoms with Crippen molar-refractivity contribution < 1.29 is 14.6 Å². The number of carbonyl (C=O) groups excluding carboxylic acids is 1. The molecular formula is C24H19ClN4O3. The van der Waals surface area contributed by atoms with E-state index < -0.39 is 5.91 Å². The maximum absolute atomic E-state index is 12.3. The monoisotopic (exact) mass is 446 g/mol. The van der Waals surface area contributed by atoms with Gasteiger partial charge in [0.25, 0.3) is 5.91 Å². The van der Waals surface area contributed by atoms with Crippen molar-refractivity contribution in [3.05, 3.63) is 101 Å². The number of aromatic hydroxyl groups is 1. The van der Waals surface area contributed by atoms with Crippen molar-refractivity contribution in [3.63, 3.8) is 0 Å². The van der Waals surface area contributed by atoms with Gasteiger partial charge in [-0.25, -0.2) is 5.43 Å². The highest BCUT2D eigenvalue weighted by atomic mass is 35.5. The van der Waals surface area contributed by atoms with Crippen LogP contribution in [0.1, 0.15) is 21.6 Å². The molecule has 0 fully saturated rings. The number of rotatable bonds is 7. The van der Waals surface area contributed by atoms with Crippen molar-refractivity contribution in [3.8, 4) is 22.8 Å². The van der Waals surface area contributed by atoms with E-state index in [0.717, 1.165) is 11.1 Å². The number of aromatic amines is 1. The van der Waals surface area contributed by atoms with Gasteiger partial charge in [-0.05, 0) is 42.0 Å². The van der Waals surface area contributed by atoms with Gasteiger partial charge in [-0.3, -0.25) is 9.89 Å². The molecule has 3 aromatic carbocycles. The van der Waals surface area contributed by atoms with Crippen LogP contribution in [0.3, 0.4) is 0 Å². The van der Waals surface area contributed by atoms with Crippen LogP contribution in [-0.2, 0) is 6.61 Å². The molecule has 7 nitrogen and oxygen atoms in total. The first kappa shape index (κ1) is 21.1. The van der Waals surface area contributed by atoms with Crippen LogP contribution in [0.2, 0.25) is 5.02 Å². The number of aromatic nitrogens is 2. The van der Waals surface area contributed by atoms with Crippen LogP contribution in [0.25, 0.3) is 11.3 Å². The normalized spacial score (nSPS) is 10.9. The third kappa shape index (κ3) is 5.33. The maximum Gasteiger partial charge on any atom is 0.289 e. The number of hydrogen-bond acceptors (Lipinski definition) is 5. The lowest BCUT2D eigenvalue weighted by Gasteiger charge is -2.08. The molecule has 1 amide bonds. The molecule has 0 saturated heterocycles. The first-order valence-electron chi connectivity index (χ1n) is 9.73. The Morgan fingerprint density at radius 1 is 1.09 bits per heavy atom. The summed E-state index contributed by atoms with van der Waals surface area (Å²) in [6, 6.07) is 23.1. The lowest BCUT2D eigenvalue weighted by molar-refractivity contribution is 0.0950. The lowest BCUT2D eigenvalue weighted by atomic mass is 10.1. The average Bonchev–Trinajstić information content (AvgIpc) is 3.29. The van der Waals surface area contributed by atoms with Gasteiger partial charge >= 0.3 is 0 Å². The molecule has 0 atom stereocenters. The van der Waals surface area contributed by atoms with Gasteiger partial charge in [0.2, 0.25) is 0 Å². The minimum atomic E-state index is -0.439. The van der Waals surface area contributed by atoms with E-state index in [4.69, 9.17) is 16.3 Å². The highest BCUT2D eigenvalue weighted by Crippen LogP contribution is 2.24. The summed E-state index contributed by atoms with van der Waals surface area (Å²) < 4.78 is 5.85. The Balaban J connectivity index is 1.40. The van der Waals surface area contributed by atoms with Crippen molar-refractivity contribution in [2.24, 2.45) is 5.10 Å². The molecule has 1 aromatic heterocycles. The molecular weight excluding hydrogens is 428 g/mol. The Bertz CT molecular complexity index is 1270. The van der Waals surface area contributed by atoms with E-state index in [0.29, 0.717) is 28.6 Å². The zero-order chi connectivity index (χ0) is 22.3. The second-order valence-electron chi connectivity index (χ2n) is 6.87. The molecule has 4 aromatic rings. The molecule has 0 bridgehead atoms. The number of hydrazone groups is 1. The molecule has 0 aliphatic rings. The van der Waals surface area contributed by atoms with Crippen LogP contribution in [0, 0.1) is 0 Å². The molecule has 0 radical (unpaired) electrons. The Kier molecular flexibility index (Phi) is 6.48. The smallest absolute Gasteiger partial charge is 0.289 e. The van der Waals surface area contributed by atoms with E-state index in [1.54, 1.807) is 24.3 Å². The van der Waals surface area contributed by atoms with Gasteiger partial charge in [0, 0.05) is 16.1 Å². The van der Waals surface area contributed by atoms with Crippen molar-refractivity contribution in [1.82, 2.24) is 15.6 Å². The Morgan fingerprint density at radius 2 is 1.94 bits per heavy atom. The molecule has 0 unspecified atom stereocenters. The number of benzene rings is 3. The zero-order valence-corrected chi connectivity index (χ0v) is 17.6. The summed E-state index contributed by atoms with van der Waals surface area (Å²) in [5.41, 5.74) is 5.62. The number of phenolic OH excluding ortho intramolecular Hbond substituents is 1. The number of hydrogen-bond donors (Lipinski definition) is 3. The zero-order valence-electron chi connectivity index (χ0n) is 16.8. The summed E-state index contributed by atoms with van der Waals surface area (Å²) in [6.45, 7) is 0.342. The highest BCUT2D eigenvalue weighted by molar-refractivity contribution is 6.31. The van der Waals surface area contributed by atoms with Crippen LogP contribution in [0.4, 0.5) is 0 Å². The molecule has 0 aliphatic carbocycles. The number of ether oxygens (including phenoxy) is 1. The third-order valence-corrected chi connectivity index (χ3v) is 4.92. The molecule has 160 valence electrons. The molecule has 0 aliphatic heterocycles. The van der Waals surface area contributed by atoms with Gasteiger partial charge in [-0.1, -0.05) is 54.1 Å². The van der Waals surface area contributed by atoms with Gasteiger partial charge in [-0.2, -0.15) is 10.2 Å². The van der Waals surface area contributed by atoms with Gasteiger partial charge in [0.05, 0.1) is 11.9 Å². The summed E-state index contributed by atoms with van der Waals surface area (Å²) in [4.78, 5) is 12.3. The second-order valence-corrected chi connectivity index (χ2v) is 7.28. The number of amides is 1. The number of carbonyl (C=O) groups is 1.